The Bertz CT molecular complexity index is 718. The maximum absolute atomic E-state index is 14.1. The summed E-state index contributed by atoms with van der Waals surface area (Å²) in [6.45, 7) is 11.9. The van der Waals surface area contributed by atoms with Gasteiger partial charge in [0.25, 0.3) is 5.91 Å². The molecule has 1 N–H and O–H groups in total. The number of H-pyrrole nitrogens is 1. The first-order chi connectivity index (χ1) is 12.3. The summed E-state index contributed by atoms with van der Waals surface area (Å²) >= 11 is 0. The van der Waals surface area contributed by atoms with Crippen LogP contribution in [-0.4, -0.2) is 51.1 Å². The molecule has 0 aliphatic carbocycles. The van der Waals surface area contributed by atoms with Crippen molar-refractivity contribution in [2.45, 2.75) is 53.2 Å². The molecule has 0 atom stereocenters. The van der Waals surface area contributed by atoms with Gasteiger partial charge in [0.15, 0.2) is 0 Å². The zero-order chi connectivity index (χ0) is 19.3. The Balaban J connectivity index is 2.20. The van der Waals surface area contributed by atoms with Crippen molar-refractivity contribution in [2.24, 2.45) is 0 Å². The highest BCUT2D eigenvalue weighted by molar-refractivity contribution is 5.92. The summed E-state index contributed by atoms with van der Waals surface area (Å²) in [5.41, 5.74) is 1.70. The number of hydrogen-bond donors (Lipinski definition) is 1. The highest BCUT2D eigenvalue weighted by Gasteiger charge is 2.22. The second-order valence-electron chi connectivity index (χ2n) is 7.17. The highest BCUT2D eigenvalue weighted by Crippen LogP contribution is 2.14. The second-order valence-corrected chi connectivity index (χ2v) is 7.17. The molecule has 0 fully saturated rings. The summed E-state index contributed by atoms with van der Waals surface area (Å²) in [4.78, 5) is 16.9. The van der Waals surface area contributed by atoms with Crippen molar-refractivity contribution in [1.82, 2.24) is 20.0 Å². The van der Waals surface area contributed by atoms with Crippen molar-refractivity contribution in [3.8, 4) is 0 Å². The minimum absolute atomic E-state index is 0.165. The van der Waals surface area contributed by atoms with Crippen molar-refractivity contribution in [1.29, 1.82) is 0 Å². The van der Waals surface area contributed by atoms with Crippen LogP contribution in [0.1, 0.15) is 49.4 Å². The fraction of sp³-hybridized carbons (Fsp3) is 0.500. The van der Waals surface area contributed by atoms with Gasteiger partial charge in [0.2, 0.25) is 0 Å². The fourth-order valence-electron chi connectivity index (χ4n) is 3.14. The molecule has 0 aliphatic heterocycles. The summed E-state index contributed by atoms with van der Waals surface area (Å²) in [6.07, 6.45) is 0. The van der Waals surface area contributed by atoms with E-state index in [0.717, 1.165) is 12.2 Å². The summed E-state index contributed by atoms with van der Waals surface area (Å²) in [5.74, 6) is -0.461. The van der Waals surface area contributed by atoms with Crippen molar-refractivity contribution in [3.63, 3.8) is 0 Å². The molecule has 2 aromatic rings. The van der Waals surface area contributed by atoms with Gasteiger partial charge in [-0.15, -0.1) is 0 Å². The Labute approximate surface area is 155 Å². The van der Waals surface area contributed by atoms with Crippen LogP contribution in [0.15, 0.2) is 30.3 Å². The number of amides is 1. The molecule has 1 aromatic carbocycles. The number of carbonyl (C=O) groups is 1. The third-order valence-electron chi connectivity index (χ3n) is 4.50. The zero-order valence-electron chi connectivity index (χ0n) is 16.3. The molecule has 5 nitrogen and oxygen atoms in total. The monoisotopic (exact) mass is 360 g/mol. The van der Waals surface area contributed by atoms with Gasteiger partial charge in [-0.25, -0.2) is 4.39 Å². The van der Waals surface area contributed by atoms with E-state index in [2.05, 4.69) is 42.8 Å². The third kappa shape index (κ3) is 5.14. The molecular weight excluding hydrogens is 331 g/mol. The SMILES string of the molecule is Cc1cc(C(=O)N(CCN(C(C)C)C(C)C)Cc2ccccc2F)[nH]n1. The van der Waals surface area contributed by atoms with Gasteiger partial charge in [-0.05, 0) is 46.8 Å². The average Bonchev–Trinajstić information content (AvgIpc) is 3.01. The highest BCUT2D eigenvalue weighted by atomic mass is 19.1. The van der Waals surface area contributed by atoms with Gasteiger partial charge >= 0.3 is 0 Å². The number of nitrogens with one attached hydrogen (secondary N) is 1. The zero-order valence-corrected chi connectivity index (χ0v) is 16.3. The Morgan fingerprint density at radius 2 is 1.81 bits per heavy atom. The Morgan fingerprint density at radius 3 is 2.35 bits per heavy atom. The molecule has 0 unspecified atom stereocenters. The normalized spacial score (nSPS) is 11.6. The lowest BCUT2D eigenvalue weighted by Gasteiger charge is -2.33. The predicted octanol–water partition coefficient (Wildman–Crippen LogP) is 3.62. The molecule has 142 valence electrons. The second kappa shape index (κ2) is 8.94. The lowest BCUT2D eigenvalue weighted by Crippen LogP contribution is -2.44. The van der Waals surface area contributed by atoms with Crippen molar-refractivity contribution in [3.05, 3.63) is 53.1 Å². The van der Waals surface area contributed by atoms with Gasteiger partial charge in [-0.2, -0.15) is 5.10 Å². The third-order valence-corrected chi connectivity index (χ3v) is 4.50. The van der Waals surface area contributed by atoms with Gasteiger partial charge < -0.3 is 4.90 Å². The number of carbonyl (C=O) groups excluding carboxylic acids is 1. The van der Waals surface area contributed by atoms with E-state index in [1.807, 2.05) is 6.92 Å². The summed E-state index contributed by atoms with van der Waals surface area (Å²) in [6, 6.07) is 9.05. The lowest BCUT2D eigenvalue weighted by atomic mass is 10.1. The minimum atomic E-state index is -0.296. The van der Waals surface area contributed by atoms with E-state index in [4.69, 9.17) is 0 Å². The standard InChI is InChI=1S/C20H29FN4O/c1-14(2)25(15(3)4)11-10-24(13-17-8-6-7-9-18(17)21)20(26)19-12-16(5)22-23-19/h6-9,12,14-15H,10-11,13H2,1-5H3,(H,22,23). The quantitative estimate of drug-likeness (QED) is 0.782. The first kappa shape index (κ1) is 20.1. The summed E-state index contributed by atoms with van der Waals surface area (Å²) in [5, 5.41) is 6.81. The molecule has 0 spiro atoms. The molecule has 1 heterocycles. The van der Waals surface area contributed by atoms with E-state index in [1.165, 1.54) is 6.07 Å². The number of aryl methyl sites for hydroxylation is 1. The predicted molar refractivity (Wildman–Crippen MR) is 101 cm³/mol. The maximum Gasteiger partial charge on any atom is 0.272 e. The average molecular weight is 360 g/mol. The van der Waals surface area contributed by atoms with Gasteiger partial charge in [-0.3, -0.25) is 14.8 Å². The van der Waals surface area contributed by atoms with E-state index in [0.29, 0.717) is 29.9 Å². The smallest absolute Gasteiger partial charge is 0.272 e. The molecule has 26 heavy (non-hydrogen) atoms. The first-order valence-electron chi connectivity index (χ1n) is 9.10. The number of aromatic amines is 1. The molecule has 0 bridgehead atoms. The topological polar surface area (TPSA) is 52.2 Å². The van der Waals surface area contributed by atoms with E-state index < -0.39 is 0 Å². The minimum Gasteiger partial charge on any atom is -0.332 e. The number of hydrogen-bond acceptors (Lipinski definition) is 3. The molecule has 0 saturated heterocycles. The Kier molecular flexibility index (Phi) is 6.91. The van der Waals surface area contributed by atoms with Gasteiger partial charge in [0, 0.05) is 37.3 Å². The van der Waals surface area contributed by atoms with E-state index in [-0.39, 0.29) is 18.3 Å². The van der Waals surface area contributed by atoms with Crippen LogP contribution in [0.5, 0.6) is 0 Å². The number of rotatable bonds is 8. The van der Waals surface area contributed by atoms with Crippen molar-refractivity contribution in [2.75, 3.05) is 13.1 Å². The van der Waals surface area contributed by atoms with Crippen LogP contribution in [0.2, 0.25) is 0 Å². The molecule has 1 aromatic heterocycles. The summed E-state index contributed by atoms with van der Waals surface area (Å²) < 4.78 is 14.1. The van der Waals surface area contributed by atoms with Crippen LogP contribution in [0.3, 0.4) is 0 Å². The van der Waals surface area contributed by atoms with E-state index in [1.54, 1.807) is 29.2 Å². The molecule has 0 saturated carbocycles. The molecule has 2 rings (SSSR count). The van der Waals surface area contributed by atoms with E-state index in [9.17, 15) is 9.18 Å². The van der Waals surface area contributed by atoms with Crippen molar-refractivity contribution >= 4 is 5.91 Å². The van der Waals surface area contributed by atoms with Gasteiger partial charge in [-0.1, -0.05) is 18.2 Å². The molecule has 6 heteroatoms. The van der Waals surface area contributed by atoms with Gasteiger partial charge in [0.05, 0.1) is 5.69 Å². The summed E-state index contributed by atoms with van der Waals surface area (Å²) in [7, 11) is 0. The first-order valence-corrected chi connectivity index (χ1v) is 9.10. The molecular formula is C20H29FN4O. The Morgan fingerprint density at radius 1 is 1.15 bits per heavy atom. The van der Waals surface area contributed by atoms with E-state index >= 15 is 0 Å². The maximum atomic E-state index is 14.1. The molecule has 0 radical (unpaired) electrons. The van der Waals surface area contributed by atoms with Crippen LogP contribution < -0.4 is 0 Å². The van der Waals surface area contributed by atoms with Crippen LogP contribution in [0, 0.1) is 12.7 Å². The lowest BCUT2D eigenvalue weighted by molar-refractivity contribution is 0.0686. The van der Waals surface area contributed by atoms with Gasteiger partial charge in [0.1, 0.15) is 11.5 Å². The number of nitrogens with zero attached hydrogens (tertiary/aromatic N) is 3. The molecule has 0 aliphatic rings. The molecule has 1 amide bonds. The van der Waals surface area contributed by atoms with Crippen LogP contribution in [0.25, 0.3) is 0 Å². The van der Waals surface area contributed by atoms with Crippen LogP contribution in [-0.2, 0) is 6.54 Å². The number of benzene rings is 1. The Hall–Kier alpha value is -2.21. The number of halogens is 1. The van der Waals surface area contributed by atoms with Crippen LogP contribution in [0.4, 0.5) is 4.39 Å². The largest absolute Gasteiger partial charge is 0.332 e. The van der Waals surface area contributed by atoms with Crippen molar-refractivity contribution < 1.29 is 9.18 Å². The van der Waals surface area contributed by atoms with Crippen LogP contribution >= 0.6 is 0 Å². The number of aromatic nitrogens is 2. The fourth-order valence-corrected chi connectivity index (χ4v) is 3.14.